The third-order valence-corrected chi connectivity index (χ3v) is 2.57. The molecule has 0 aliphatic heterocycles. The average Bonchev–Trinajstić information content (AvgIpc) is 2.55. The van der Waals surface area contributed by atoms with E-state index in [0.717, 1.165) is 11.1 Å². The third-order valence-electron chi connectivity index (χ3n) is 2.57. The summed E-state index contributed by atoms with van der Waals surface area (Å²) in [6, 6.07) is 7.45. The number of hydrogen-bond donors (Lipinski definition) is 1. The van der Waals surface area contributed by atoms with Gasteiger partial charge in [-0.05, 0) is 26.3 Å². The summed E-state index contributed by atoms with van der Waals surface area (Å²) in [4.78, 5) is 11.9. The minimum atomic E-state index is -0.543. The average molecular weight is 232 g/mol. The van der Waals surface area contributed by atoms with Gasteiger partial charge in [-0.2, -0.15) is 0 Å². The molecule has 90 valence electrons. The molecule has 1 aromatic rings. The summed E-state index contributed by atoms with van der Waals surface area (Å²) in [5, 5.41) is 9.99. The maximum absolute atomic E-state index is 11.9. The molecule has 0 fully saturated rings. The molecule has 1 aliphatic carbocycles. The van der Waals surface area contributed by atoms with Gasteiger partial charge in [0.05, 0.1) is 5.57 Å². The zero-order chi connectivity index (χ0) is 12.6. The van der Waals surface area contributed by atoms with Crippen molar-refractivity contribution < 1.29 is 14.6 Å². The van der Waals surface area contributed by atoms with E-state index in [2.05, 4.69) is 0 Å². The molecule has 3 heteroatoms. The molecule has 0 amide bonds. The molecular formula is C14H16O3. The molecule has 1 N–H and O–H groups in total. The number of esters is 1. The number of fused-ring (bicyclic) bond motifs is 1. The van der Waals surface area contributed by atoms with Crippen LogP contribution in [-0.2, 0) is 16.0 Å². The molecule has 0 radical (unpaired) electrons. The molecule has 17 heavy (non-hydrogen) atoms. The summed E-state index contributed by atoms with van der Waals surface area (Å²) >= 11 is 0. The van der Waals surface area contributed by atoms with Gasteiger partial charge in [0.25, 0.3) is 0 Å². The van der Waals surface area contributed by atoms with Crippen LogP contribution in [0.3, 0.4) is 0 Å². The van der Waals surface area contributed by atoms with E-state index in [0.29, 0.717) is 12.0 Å². The Labute approximate surface area is 101 Å². The number of aliphatic hydroxyl groups is 1. The first kappa shape index (κ1) is 11.7. The van der Waals surface area contributed by atoms with Crippen LogP contribution in [0.25, 0.3) is 5.76 Å². The van der Waals surface area contributed by atoms with Crippen molar-refractivity contribution in [3.05, 3.63) is 41.0 Å². The monoisotopic (exact) mass is 232 g/mol. The maximum Gasteiger partial charge on any atom is 0.338 e. The van der Waals surface area contributed by atoms with E-state index >= 15 is 0 Å². The Morgan fingerprint density at radius 2 is 1.94 bits per heavy atom. The van der Waals surface area contributed by atoms with E-state index in [1.54, 1.807) is 0 Å². The van der Waals surface area contributed by atoms with Crippen LogP contribution < -0.4 is 0 Å². The Hall–Kier alpha value is -1.77. The number of aliphatic hydroxyl groups excluding tert-OH is 1. The van der Waals surface area contributed by atoms with Crippen LogP contribution in [0.2, 0.25) is 0 Å². The van der Waals surface area contributed by atoms with E-state index in [1.807, 2.05) is 45.0 Å². The second-order valence-corrected chi connectivity index (χ2v) is 5.16. The third kappa shape index (κ3) is 2.33. The topological polar surface area (TPSA) is 46.5 Å². The fourth-order valence-electron chi connectivity index (χ4n) is 1.85. The van der Waals surface area contributed by atoms with E-state index in [9.17, 15) is 9.90 Å². The van der Waals surface area contributed by atoms with Crippen molar-refractivity contribution in [1.29, 1.82) is 0 Å². The van der Waals surface area contributed by atoms with Gasteiger partial charge in [0.2, 0.25) is 0 Å². The number of benzene rings is 1. The molecule has 2 rings (SSSR count). The largest absolute Gasteiger partial charge is 0.507 e. The van der Waals surface area contributed by atoms with Crippen molar-refractivity contribution in [2.45, 2.75) is 32.8 Å². The van der Waals surface area contributed by atoms with Crippen LogP contribution in [-0.4, -0.2) is 16.7 Å². The molecule has 0 heterocycles. The van der Waals surface area contributed by atoms with Crippen molar-refractivity contribution in [1.82, 2.24) is 0 Å². The highest BCUT2D eigenvalue weighted by molar-refractivity contribution is 5.99. The molecule has 0 spiro atoms. The van der Waals surface area contributed by atoms with E-state index < -0.39 is 11.6 Å². The smallest absolute Gasteiger partial charge is 0.338 e. The molecule has 0 aromatic heterocycles. The lowest BCUT2D eigenvalue weighted by Crippen LogP contribution is -2.25. The lowest BCUT2D eigenvalue weighted by atomic mass is 10.1. The molecule has 0 unspecified atom stereocenters. The van der Waals surface area contributed by atoms with E-state index in [4.69, 9.17) is 4.74 Å². The molecule has 0 atom stereocenters. The molecule has 0 saturated heterocycles. The molecule has 0 bridgehead atoms. The number of carbonyl (C=O) groups is 1. The van der Waals surface area contributed by atoms with Gasteiger partial charge in [-0.15, -0.1) is 0 Å². The normalized spacial score (nSPS) is 14.8. The summed E-state index contributed by atoms with van der Waals surface area (Å²) < 4.78 is 5.27. The Morgan fingerprint density at radius 3 is 2.53 bits per heavy atom. The summed E-state index contributed by atoms with van der Waals surface area (Å²) in [6.07, 6.45) is 0.441. The highest BCUT2D eigenvalue weighted by Crippen LogP contribution is 2.32. The minimum Gasteiger partial charge on any atom is -0.507 e. The van der Waals surface area contributed by atoms with Gasteiger partial charge in [0.15, 0.2) is 0 Å². The predicted molar refractivity (Wildman–Crippen MR) is 65.5 cm³/mol. The number of hydrogen-bond acceptors (Lipinski definition) is 3. The molecule has 3 nitrogen and oxygen atoms in total. The standard InChI is InChI=1S/C14H16O3/c1-14(2,3)17-13(16)11-8-9-6-4-5-7-10(9)12(11)15/h4-7,15H,8H2,1-3H3. The van der Waals surface area contributed by atoms with Crippen LogP contribution in [0.5, 0.6) is 0 Å². The number of ether oxygens (including phenoxy) is 1. The summed E-state index contributed by atoms with van der Waals surface area (Å²) in [7, 11) is 0. The first-order valence-electron chi connectivity index (χ1n) is 5.62. The predicted octanol–water partition coefficient (Wildman–Crippen LogP) is 2.85. The zero-order valence-corrected chi connectivity index (χ0v) is 10.3. The highest BCUT2D eigenvalue weighted by atomic mass is 16.6. The molecule has 1 aromatic carbocycles. The van der Waals surface area contributed by atoms with E-state index in [-0.39, 0.29) is 5.76 Å². The Bertz CT molecular complexity index is 492. The fraction of sp³-hybridized carbons (Fsp3) is 0.357. The highest BCUT2D eigenvalue weighted by Gasteiger charge is 2.29. The van der Waals surface area contributed by atoms with Gasteiger partial charge in [0, 0.05) is 12.0 Å². The van der Waals surface area contributed by atoms with Crippen molar-refractivity contribution in [3.8, 4) is 0 Å². The molecule has 0 saturated carbocycles. The first-order valence-corrected chi connectivity index (χ1v) is 5.62. The van der Waals surface area contributed by atoms with Crippen LogP contribution in [0.15, 0.2) is 29.8 Å². The van der Waals surface area contributed by atoms with Gasteiger partial charge in [-0.1, -0.05) is 24.3 Å². The SMILES string of the molecule is CC(C)(C)OC(=O)C1=C(O)c2ccccc2C1. The number of carbonyl (C=O) groups excluding carboxylic acids is 1. The fourth-order valence-corrected chi connectivity index (χ4v) is 1.85. The first-order chi connectivity index (χ1) is 7.88. The Kier molecular flexibility index (Phi) is 2.69. The maximum atomic E-state index is 11.9. The van der Waals surface area contributed by atoms with Gasteiger partial charge in [0.1, 0.15) is 11.4 Å². The summed E-state index contributed by atoms with van der Waals surface area (Å²) in [6.45, 7) is 5.43. The van der Waals surface area contributed by atoms with Crippen molar-refractivity contribution in [2.75, 3.05) is 0 Å². The summed E-state index contributed by atoms with van der Waals surface area (Å²) in [5.41, 5.74) is 1.50. The van der Waals surface area contributed by atoms with Crippen molar-refractivity contribution >= 4 is 11.7 Å². The van der Waals surface area contributed by atoms with Crippen LogP contribution in [0.4, 0.5) is 0 Å². The van der Waals surface area contributed by atoms with Gasteiger partial charge in [-0.25, -0.2) is 4.79 Å². The molecular weight excluding hydrogens is 216 g/mol. The summed E-state index contributed by atoms with van der Waals surface area (Å²) in [5.74, 6) is -0.388. The van der Waals surface area contributed by atoms with Crippen LogP contribution in [0.1, 0.15) is 31.9 Å². The van der Waals surface area contributed by atoms with Crippen molar-refractivity contribution in [2.24, 2.45) is 0 Å². The van der Waals surface area contributed by atoms with E-state index in [1.165, 1.54) is 0 Å². The number of rotatable bonds is 1. The van der Waals surface area contributed by atoms with Crippen LogP contribution >= 0.6 is 0 Å². The molecule has 1 aliphatic rings. The quantitative estimate of drug-likeness (QED) is 0.757. The van der Waals surface area contributed by atoms with Crippen LogP contribution in [0, 0.1) is 0 Å². The van der Waals surface area contributed by atoms with Crippen molar-refractivity contribution in [3.63, 3.8) is 0 Å². The van der Waals surface area contributed by atoms with Gasteiger partial charge >= 0.3 is 5.97 Å². The lowest BCUT2D eigenvalue weighted by molar-refractivity contribution is -0.149. The second kappa shape index (κ2) is 3.91. The zero-order valence-electron chi connectivity index (χ0n) is 10.3. The van der Waals surface area contributed by atoms with Gasteiger partial charge < -0.3 is 9.84 Å². The Morgan fingerprint density at radius 1 is 1.29 bits per heavy atom. The second-order valence-electron chi connectivity index (χ2n) is 5.16. The van der Waals surface area contributed by atoms with Gasteiger partial charge in [-0.3, -0.25) is 0 Å². The minimum absolute atomic E-state index is 0.0508. The lowest BCUT2D eigenvalue weighted by Gasteiger charge is -2.19. The Balaban J connectivity index is 2.26.